The molecule has 0 saturated carbocycles. The van der Waals surface area contributed by atoms with E-state index in [1.807, 2.05) is 36.4 Å². The number of piperidine rings is 1. The van der Waals surface area contributed by atoms with E-state index in [0.717, 1.165) is 36.0 Å². The number of rotatable bonds is 7. The zero-order chi connectivity index (χ0) is 19.8. The van der Waals surface area contributed by atoms with Crippen molar-refractivity contribution in [3.05, 3.63) is 60.2 Å². The third-order valence-corrected chi connectivity index (χ3v) is 4.93. The quantitative estimate of drug-likeness (QED) is 0.565. The van der Waals surface area contributed by atoms with Crippen LogP contribution in [0.3, 0.4) is 0 Å². The van der Waals surface area contributed by atoms with E-state index in [2.05, 4.69) is 29.3 Å². The molecule has 1 aliphatic rings. The first-order valence-corrected chi connectivity index (χ1v) is 9.70. The van der Waals surface area contributed by atoms with Crippen molar-refractivity contribution in [1.29, 1.82) is 0 Å². The highest BCUT2D eigenvalue weighted by Crippen LogP contribution is 2.24. The molecule has 1 aliphatic heterocycles. The van der Waals surface area contributed by atoms with Crippen LogP contribution in [0.4, 0.5) is 11.4 Å². The van der Waals surface area contributed by atoms with Gasteiger partial charge in [-0.1, -0.05) is 19.1 Å². The Morgan fingerprint density at radius 1 is 1.11 bits per heavy atom. The van der Waals surface area contributed by atoms with Crippen LogP contribution in [0.1, 0.15) is 25.3 Å². The number of carbonyl (C=O) groups is 1. The number of amides is 1. The molecule has 0 radical (unpaired) electrons. The van der Waals surface area contributed by atoms with Gasteiger partial charge in [-0.3, -0.25) is 4.79 Å². The second-order valence-electron chi connectivity index (χ2n) is 7.16. The maximum atomic E-state index is 12.2. The molecular formula is C23H28N2O3. The van der Waals surface area contributed by atoms with Gasteiger partial charge >= 0.3 is 0 Å². The van der Waals surface area contributed by atoms with Crippen LogP contribution >= 0.6 is 0 Å². The van der Waals surface area contributed by atoms with Crippen molar-refractivity contribution >= 4 is 23.4 Å². The standard InChI is InChI=1S/C23H28N2O3/c1-18-13-15-25(16-14-18)21-8-6-20(7-9-21)24-23(26)12-5-19-3-10-22(11-4-19)28-17-27-2/h3-12,18H,13-17H2,1-2H3,(H,24,26)/b12-5+. The molecule has 0 spiro atoms. The predicted molar refractivity (Wildman–Crippen MR) is 114 cm³/mol. The minimum atomic E-state index is -0.153. The smallest absolute Gasteiger partial charge is 0.248 e. The lowest BCUT2D eigenvalue weighted by atomic mass is 9.99. The van der Waals surface area contributed by atoms with Crippen LogP contribution in [0.15, 0.2) is 54.6 Å². The molecule has 0 aromatic heterocycles. The van der Waals surface area contributed by atoms with Gasteiger partial charge in [0.15, 0.2) is 6.79 Å². The van der Waals surface area contributed by atoms with Crippen molar-refractivity contribution in [2.45, 2.75) is 19.8 Å². The summed E-state index contributed by atoms with van der Waals surface area (Å²) in [6.07, 6.45) is 5.79. The third kappa shape index (κ3) is 5.86. The number of nitrogens with one attached hydrogen (secondary N) is 1. The number of benzene rings is 2. The molecule has 0 atom stereocenters. The number of methoxy groups -OCH3 is 1. The summed E-state index contributed by atoms with van der Waals surface area (Å²) in [6.45, 7) is 4.73. The summed E-state index contributed by atoms with van der Waals surface area (Å²) in [7, 11) is 1.58. The molecule has 1 fully saturated rings. The van der Waals surface area contributed by atoms with Crippen molar-refractivity contribution < 1.29 is 14.3 Å². The van der Waals surface area contributed by atoms with Crippen LogP contribution in [0, 0.1) is 5.92 Å². The van der Waals surface area contributed by atoms with Gasteiger partial charge in [-0.2, -0.15) is 0 Å². The molecule has 2 aromatic carbocycles. The normalized spacial score (nSPS) is 15.0. The lowest BCUT2D eigenvalue weighted by Crippen LogP contribution is -2.32. The number of hydrogen-bond donors (Lipinski definition) is 1. The summed E-state index contributed by atoms with van der Waals surface area (Å²) in [5.41, 5.74) is 2.94. The molecule has 1 amide bonds. The topological polar surface area (TPSA) is 50.8 Å². The summed E-state index contributed by atoms with van der Waals surface area (Å²) in [6, 6.07) is 15.5. The van der Waals surface area contributed by atoms with Crippen LogP contribution in [0.2, 0.25) is 0 Å². The van der Waals surface area contributed by atoms with Gasteiger partial charge < -0.3 is 19.7 Å². The molecule has 0 unspecified atom stereocenters. The minimum Gasteiger partial charge on any atom is -0.468 e. The molecule has 1 heterocycles. The van der Waals surface area contributed by atoms with Gasteiger partial charge in [-0.25, -0.2) is 0 Å². The molecule has 3 rings (SSSR count). The molecule has 0 bridgehead atoms. The Morgan fingerprint density at radius 2 is 1.79 bits per heavy atom. The van der Waals surface area contributed by atoms with E-state index in [1.165, 1.54) is 24.6 Å². The largest absolute Gasteiger partial charge is 0.468 e. The van der Waals surface area contributed by atoms with Gasteiger partial charge in [0.1, 0.15) is 5.75 Å². The summed E-state index contributed by atoms with van der Waals surface area (Å²) in [5.74, 6) is 1.39. The second-order valence-corrected chi connectivity index (χ2v) is 7.16. The number of carbonyl (C=O) groups excluding carboxylic acids is 1. The highest BCUT2D eigenvalue weighted by atomic mass is 16.7. The molecule has 0 aliphatic carbocycles. The van der Waals surface area contributed by atoms with Crippen LogP contribution in [-0.4, -0.2) is 32.9 Å². The van der Waals surface area contributed by atoms with Gasteiger partial charge in [0.2, 0.25) is 5.91 Å². The first-order chi connectivity index (χ1) is 13.6. The highest BCUT2D eigenvalue weighted by molar-refractivity contribution is 6.02. The molecule has 1 saturated heterocycles. The SMILES string of the molecule is COCOc1ccc(/C=C/C(=O)Nc2ccc(N3CCC(C)CC3)cc2)cc1. The molecule has 5 heteroatoms. The van der Waals surface area contributed by atoms with E-state index in [-0.39, 0.29) is 12.7 Å². The van der Waals surface area contributed by atoms with E-state index >= 15 is 0 Å². The Balaban J connectivity index is 1.50. The molecular weight excluding hydrogens is 352 g/mol. The molecule has 5 nitrogen and oxygen atoms in total. The Morgan fingerprint density at radius 3 is 2.43 bits per heavy atom. The Kier molecular flexibility index (Phi) is 7.09. The van der Waals surface area contributed by atoms with Gasteiger partial charge in [-0.15, -0.1) is 0 Å². The van der Waals surface area contributed by atoms with Crippen LogP contribution < -0.4 is 15.0 Å². The fourth-order valence-electron chi connectivity index (χ4n) is 3.18. The van der Waals surface area contributed by atoms with E-state index in [1.54, 1.807) is 13.2 Å². The van der Waals surface area contributed by atoms with Crippen molar-refractivity contribution in [2.75, 3.05) is 37.2 Å². The van der Waals surface area contributed by atoms with Gasteiger partial charge in [0.25, 0.3) is 0 Å². The first-order valence-electron chi connectivity index (χ1n) is 9.70. The average molecular weight is 380 g/mol. The molecule has 28 heavy (non-hydrogen) atoms. The average Bonchev–Trinajstić information content (AvgIpc) is 2.73. The Hall–Kier alpha value is -2.79. The second kappa shape index (κ2) is 9.95. The Bertz CT molecular complexity index is 776. The zero-order valence-corrected chi connectivity index (χ0v) is 16.6. The summed E-state index contributed by atoms with van der Waals surface area (Å²) in [5, 5.41) is 2.90. The van der Waals surface area contributed by atoms with E-state index in [9.17, 15) is 4.79 Å². The maximum absolute atomic E-state index is 12.2. The van der Waals surface area contributed by atoms with Crippen LogP contribution in [0.5, 0.6) is 5.75 Å². The lowest BCUT2D eigenvalue weighted by molar-refractivity contribution is -0.111. The van der Waals surface area contributed by atoms with Crippen molar-refractivity contribution in [2.24, 2.45) is 5.92 Å². The Labute approximate surface area is 167 Å². The highest BCUT2D eigenvalue weighted by Gasteiger charge is 2.15. The third-order valence-electron chi connectivity index (χ3n) is 4.93. The molecule has 1 N–H and O–H groups in total. The molecule has 148 valence electrons. The van der Waals surface area contributed by atoms with Gasteiger partial charge in [0, 0.05) is 37.7 Å². The maximum Gasteiger partial charge on any atom is 0.248 e. The summed E-state index contributed by atoms with van der Waals surface area (Å²) >= 11 is 0. The minimum absolute atomic E-state index is 0.153. The van der Waals surface area contributed by atoms with E-state index in [0.29, 0.717) is 0 Å². The number of hydrogen-bond acceptors (Lipinski definition) is 4. The number of nitrogens with zero attached hydrogens (tertiary/aromatic N) is 1. The van der Waals surface area contributed by atoms with E-state index in [4.69, 9.17) is 9.47 Å². The summed E-state index contributed by atoms with van der Waals surface area (Å²) in [4.78, 5) is 14.6. The lowest BCUT2D eigenvalue weighted by Gasteiger charge is -2.32. The monoisotopic (exact) mass is 380 g/mol. The first kappa shape index (κ1) is 20.0. The van der Waals surface area contributed by atoms with Crippen molar-refractivity contribution in [1.82, 2.24) is 0 Å². The van der Waals surface area contributed by atoms with Crippen molar-refractivity contribution in [3.63, 3.8) is 0 Å². The fraction of sp³-hybridized carbons (Fsp3) is 0.348. The summed E-state index contributed by atoms with van der Waals surface area (Å²) < 4.78 is 10.2. The fourth-order valence-corrected chi connectivity index (χ4v) is 3.18. The zero-order valence-electron chi connectivity index (χ0n) is 16.6. The van der Waals surface area contributed by atoms with E-state index < -0.39 is 0 Å². The molecule has 2 aromatic rings. The van der Waals surface area contributed by atoms with Crippen molar-refractivity contribution in [3.8, 4) is 5.75 Å². The number of anilines is 2. The van der Waals surface area contributed by atoms with Gasteiger partial charge in [-0.05, 0) is 66.8 Å². The van der Waals surface area contributed by atoms with Gasteiger partial charge in [0.05, 0.1) is 0 Å². The predicted octanol–water partition coefficient (Wildman–Crippen LogP) is 4.56. The number of ether oxygens (including phenoxy) is 2. The van der Waals surface area contributed by atoms with Crippen LogP contribution in [-0.2, 0) is 9.53 Å². The van der Waals surface area contributed by atoms with Crippen LogP contribution in [0.25, 0.3) is 6.08 Å².